The van der Waals surface area contributed by atoms with E-state index in [1.165, 1.54) is 11.3 Å². The number of carbonyl (C=O) groups is 2. The predicted octanol–water partition coefficient (Wildman–Crippen LogP) is 4.24. The summed E-state index contributed by atoms with van der Waals surface area (Å²) in [5, 5.41) is 10.2. The summed E-state index contributed by atoms with van der Waals surface area (Å²) in [5.41, 5.74) is 2.38. The first kappa shape index (κ1) is 18.8. The number of rotatable bonds is 6. The Kier molecular flexibility index (Phi) is 6.18. The van der Waals surface area contributed by atoms with Crippen molar-refractivity contribution in [3.05, 3.63) is 56.8 Å². The fourth-order valence-electron chi connectivity index (χ4n) is 2.27. The van der Waals surface area contributed by atoms with E-state index in [1.54, 1.807) is 11.3 Å². The minimum absolute atomic E-state index is 0.0732. The molecule has 0 aliphatic rings. The third kappa shape index (κ3) is 5.00. The van der Waals surface area contributed by atoms with E-state index in [2.05, 4.69) is 31.5 Å². The Labute approximate surface area is 167 Å². The van der Waals surface area contributed by atoms with Gasteiger partial charge in [0, 0.05) is 15.5 Å². The van der Waals surface area contributed by atoms with Gasteiger partial charge in [-0.3, -0.25) is 9.59 Å². The Bertz CT molecular complexity index is 922. The van der Waals surface area contributed by atoms with E-state index in [0.29, 0.717) is 5.69 Å². The largest absolute Gasteiger partial charge is 0.347 e. The van der Waals surface area contributed by atoms with Gasteiger partial charge in [0.2, 0.25) is 11.8 Å². The van der Waals surface area contributed by atoms with E-state index in [4.69, 9.17) is 0 Å². The van der Waals surface area contributed by atoms with Crippen LogP contribution >= 0.6 is 38.6 Å². The molecule has 2 amide bonds. The summed E-state index contributed by atoms with van der Waals surface area (Å²) in [6.07, 6.45) is 0.159. The van der Waals surface area contributed by atoms with Crippen molar-refractivity contribution in [2.24, 2.45) is 0 Å². The first-order valence-corrected chi connectivity index (χ1v) is 10.4. The molecule has 0 bridgehead atoms. The van der Waals surface area contributed by atoms with Gasteiger partial charge in [0.05, 0.1) is 23.5 Å². The Morgan fingerprint density at radius 2 is 2.04 bits per heavy atom. The molecular formula is C18H16BrN3O2S2. The number of thiazole rings is 1. The monoisotopic (exact) mass is 449 g/mol. The van der Waals surface area contributed by atoms with E-state index in [1.807, 2.05) is 48.0 Å². The summed E-state index contributed by atoms with van der Waals surface area (Å²) in [4.78, 5) is 29.6. The molecule has 3 rings (SSSR count). The summed E-state index contributed by atoms with van der Waals surface area (Å²) < 4.78 is 0.950. The molecule has 0 spiro atoms. The van der Waals surface area contributed by atoms with Crippen molar-refractivity contribution in [2.45, 2.75) is 13.3 Å². The lowest BCUT2D eigenvalue weighted by atomic mass is 10.2. The van der Waals surface area contributed by atoms with Gasteiger partial charge in [-0.1, -0.05) is 22.0 Å². The smallest absolute Gasteiger partial charge is 0.243 e. The number of anilines is 1. The molecule has 2 heterocycles. The van der Waals surface area contributed by atoms with E-state index < -0.39 is 0 Å². The Morgan fingerprint density at radius 3 is 2.77 bits per heavy atom. The van der Waals surface area contributed by atoms with Crippen molar-refractivity contribution in [2.75, 3.05) is 11.9 Å². The van der Waals surface area contributed by atoms with Crippen LogP contribution < -0.4 is 10.6 Å². The van der Waals surface area contributed by atoms with Gasteiger partial charge < -0.3 is 10.6 Å². The second kappa shape index (κ2) is 8.57. The SMILES string of the molecule is Cc1cc(Br)ccc1NC(=O)CNC(=O)Cc1csc(-c2cccs2)n1. The molecule has 134 valence electrons. The average molecular weight is 450 g/mol. The molecule has 0 saturated heterocycles. The zero-order valence-electron chi connectivity index (χ0n) is 13.9. The third-order valence-corrected chi connectivity index (χ3v) is 5.96. The van der Waals surface area contributed by atoms with Crippen molar-refractivity contribution in [3.8, 4) is 9.88 Å². The van der Waals surface area contributed by atoms with Crippen LogP contribution in [0, 0.1) is 6.92 Å². The zero-order chi connectivity index (χ0) is 18.5. The normalized spacial score (nSPS) is 10.5. The average Bonchev–Trinajstić information content (AvgIpc) is 3.27. The molecule has 3 aromatic rings. The number of thiophene rings is 1. The number of carbonyl (C=O) groups excluding carboxylic acids is 2. The fraction of sp³-hybridized carbons (Fsp3) is 0.167. The molecular weight excluding hydrogens is 434 g/mol. The highest BCUT2D eigenvalue weighted by Crippen LogP contribution is 2.27. The van der Waals surface area contributed by atoms with Crippen LogP contribution in [0.3, 0.4) is 0 Å². The maximum Gasteiger partial charge on any atom is 0.243 e. The number of nitrogens with one attached hydrogen (secondary N) is 2. The van der Waals surface area contributed by atoms with Crippen LogP contribution in [-0.2, 0) is 16.0 Å². The van der Waals surface area contributed by atoms with Crippen molar-refractivity contribution in [1.29, 1.82) is 0 Å². The highest BCUT2D eigenvalue weighted by Gasteiger charge is 2.11. The molecule has 0 radical (unpaired) electrons. The van der Waals surface area contributed by atoms with Crippen LogP contribution in [0.2, 0.25) is 0 Å². The number of hydrogen-bond donors (Lipinski definition) is 2. The van der Waals surface area contributed by atoms with Crippen LogP contribution in [0.4, 0.5) is 5.69 Å². The molecule has 0 aliphatic carbocycles. The minimum Gasteiger partial charge on any atom is -0.347 e. The molecule has 2 N–H and O–H groups in total. The summed E-state index contributed by atoms with van der Waals surface area (Å²) in [6, 6.07) is 9.57. The maximum atomic E-state index is 12.0. The summed E-state index contributed by atoms with van der Waals surface area (Å²) in [6.45, 7) is 1.84. The molecule has 26 heavy (non-hydrogen) atoms. The minimum atomic E-state index is -0.263. The molecule has 0 saturated carbocycles. The van der Waals surface area contributed by atoms with Crippen LogP contribution in [0.5, 0.6) is 0 Å². The number of nitrogens with zero attached hydrogens (tertiary/aromatic N) is 1. The van der Waals surface area contributed by atoms with E-state index >= 15 is 0 Å². The summed E-state index contributed by atoms with van der Waals surface area (Å²) in [5.74, 6) is -0.489. The number of hydrogen-bond acceptors (Lipinski definition) is 5. The highest BCUT2D eigenvalue weighted by atomic mass is 79.9. The number of amides is 2. The van der Waals surface area contributed by atoms with E-state index in [-0.39, 0.29) is 24.8 Å². The van der Waals surface area contributed by atoms with Crippen LogP contribution in [-0.4, -0.2) is 23.3 Å². The van der Waals surface area contributed by atoms with E-state index in [0.717, 1.165) is 25.6 Å². The number of benzene rings is 1. The molecule has 0 fully saturated rings. The number of aryl methyl sites for hydroxylation is 1. The molecule has 0 atom stereocenters. The lowest BCUT2D eigenvalue weighted by Crippen LogP contribution is -2.34. The first-order chi connectivity index (χ1) is 12.5. The molecule has 5 nitrogen and oxygen atoms in total. The molecule has 8 heteroatoms. The Balaban J connectivity index is 1.48. The van der Waals surface area contributed by atoms with Gasteiger partial charge >= 0.3 is 0 Å². The van der Waals surface area contributed by atoms with Gasteiger partial charge in [0.25, 0.3) is 0 Å². The van der Waals surface area contributed by atoms with Crippen LogP contribution in [0.25, 0.3) is 9.88 Å². The predicted molar refractivity (Wildman–Crippen MR) is 110 cm³/mol. The standard InChI is InChI=1S/C18H16BrN3O2S2/c1-11-7-12(19)4-5-14(11)22-17(24)9-20-16(23)8-13-10-26-18(21-13)15-3-2-6-25-15/h2-7,10H,8-9H2,1H3,(H,20,23)(H,22,24). The van der Waals surface area contributed by atoms with Gasteiger partial charge in [-0.05, 0) is 42.1 Å². The van der Waals surface area contributed by atoms with Gasteiger partial charge in [-0.15, -0.1) is 22.7 Å². The second-order valence-corrected chi connectivity index (χ2v) is 8.30. The fourth-order valence-corrected chi connectivity index (χ4v) is 4.38. The van der Waals surface area contributed by atoms with Crippen LogP contribution in [0.1, 0.15) is 11.3 Å². The lowest BCUT2D eigenvalue weighted by Gasteiger charge is -2.09. The van der Waals surface area contributed by atoms with Crippen molar-refractivity contribution < 1.29 is 9.59 Å². The van der Waals surface area contributed by atoms with Gasteiger partial charge in [-0.2, -0.15) is 0 Å². The highest BCUT2D eigenvalue weighted by molar-refractivity contribution is 9.10. The maximum absolute atomic E-state index is 12.0. The number of halogens is 1. The van der Waals surface area contributed by atoms with Gasteiger partial charge in [-0.25, -0.2) is 4.98 Å². The summed E-state index contributed by atoms with van der Waals surface area (Å²) >= 11 is 6.52. The van der Waals surface area contributed by atoms with Gasteiger partial charge in [0.1, 0.15) is 5.01 Å². The second-order valence-electron chi connectivity index (χ2n) is 5.58. The zero-order valence-corrected chi connectivity index (χ0v) is 17.1. The third-order valence-electron chi connectivity index (χ3n) is 3.53. The topological polar surface area (TPSA) is 71.1 Å². The van der Waals surface area contributed by atoms with Crippen LogP contribution in [0.15, 0.2) is 45.6 Å². The quantitative estimate of drug-likeness (QED) is 0.590. The Morgan fingerprint density at radius 1 is 1.19 bits per heavy atom. The molecule has 0 unspecified atom stereocenters. The van der Waals surface area contributed by atoms with Crippen molar-refractivity contribution in [3.63, 3.8) is 0 Å². The lowest BCUT2D eigenvalue weighted by molar-refractivity contribution is -0.123. The summed E-state index contributed by atoms with van der Waals surface area (Å²) in [7, 11) is 0. The number of aromatic nitrogens is 1. The molecule has 0 aliphatic heterocycles. The van der Waals surface area contributed by atoms with Gasteiger partial charge in [0.15, 0.2) is 0 Å². The Hall–Kier alpha value is -2.03. The van der Waals surface area contributed by atoms with Crippen molar-refractivity contribution >= 4 is 56.1 Å². The molecule has 1 aromatic carbocycles. The van der Waals surface area contributed by atoms with E-state index in [9.17, 15) is 9.59 Å². The van der Waals surface area contributed by atoms with Crippen molar-refractivity contribution in [1.82, 2.24) is 10.3 Å². The molecule has 2 aromatic heterocycles. The first-order valence-electron chi connectivity index (χ1n) is 7.82.